The first-order valence-electron chi connectivity index (χ1n) is 11.4. The standard InChI is InChI=1S/C21H44O3S.H3O4P/c1-3-4-5-6-7-10-13-16-24-17-14-11-8-9-12-15-18-25-20-21(19-22)23-2;1-5(2,3)4/h21-22H,3-20H2,1-2H3;(H3,1,2,3,4). The molecule has 4 N–H and O–H groups in total. The molecule has 30 heavy (non-hydrogen) atoms. The average molecular weight is 475 g/mol. The van der Waals surface area contributed by atoms with Crippen LogP contribution in [0.5, 0.6) is 0 Å². The van der Waals surface area contributed by atoms with Crippen LogP contribution in [0.15, 0.2) is 0 Å². The van der Waals surface area contributed by atoms with E-state index < -0.39 is 7.82 Å². The third-order valence-corrected chi connectivity index (χ3v) is 5.75. The number of hydrogen-bond acceptors (Lipinski definition) is 5. The lowest BCUT2D eigenvalue weighted by molar-refractivity contribution is 0.0656. The lowest BCUT2D eigenvalue weighted by Crippen LogP contribution is -2.18. The van der Waals surface area contributed by atoms with Crippen molar-refractivity contribution in [2.45, 2.75) is 96.5 Å². The first-order valence-corrected chi connectivity index (χ1v) is 14.1. The lowest BCUT2D eigenvalue weighted by atomic mass is 10.1. The molecular formula is C21H47O7PS. The molecule has 0 bridgehead atoms. The van der Waals surface area contributed by atoms with E-state index in [9.17, 15) is 0 Å². The van der Waals surface area contributed by atoms with Crippen LogP contribution < -0.4 is 0 Å². The van der Waals surface area contributed by atoms with Crippen molar-refractivity contribution in [1.82, 2.24) is 0 Å². The normalized spacial score (nSPS) is 12.5. The molecule has 184 valence electrons. The molecule has 0 aliphatic rings. The molecule has 7 nitrogen and oxygen atoms in total. The van der Waals surface area contributed by atoms with Crippen molar-refractivity contribution in [1.29, 1.82) is 0 Å². The molecule has 0 aliphatic heterocycles. The van der Waals surface area contributed by atoms with E-state index in [0.717, 1.165) is 19.0 Å². The number of rotatable bonds is 21. The fourth-order valence-corrected chi connectivity index (χ4v) is 3.87. The Kier molecular flexibility index (Phi) is 27.7. The van der Waals surface area contributed by atoms with Crippen molar-refractivity contribution in [3.63, 3.8) is 0 Å². The lowest BCUT2D eigenvalue weighted by Gasteiger charge is -2.11. The topological polar surface area (TPSA) is 116 Å². The van der Waals surface area contributed by atoms with Crippen LogP contribution in [-0.4, -0.2) is 64.3 Å². The largest absolute Gasteiger partial charge is 0.466 e. The van der Waals surface area contributed by atoms with E-state index in [1.165, 1.54) is 89.2 Å². The maximum absolute atomic E-state index is 9.02. The van der Waals surface area contributed by atoms with Gasteiger partial charge >= 0.3 is 7.82 Å². The molecule has 1 atom stereocenters. The average Bonchev–Trinajstić information content (AvgIpc) is 2.68. The van der Waals surface area contributed by atoms with E-state index in [2.05, 4.69) is 6.92 Å². The monoisotopic (exact) mass is 474 g/mol. The molecule has 0 aromatic rings. The summed E-state index contributed by atoms with van der Waals surface area (Å²) in [5.41, 5.74) is 0. The van der Waals surface area contributed by atoms with E-state index in [1.807, 2.05) is 11.8 Å². The Hall–Kier alpha value is 0.340. The van der Waals surface area contributed by atoms with E-state index in [4.69, 9.17) is 33.8 Å². The highest BCUT2D eigenvalue weighted by atomic mass is 32.2. The third kappa shape index (κ3) is 35.8. The molecule has 0 radical (unpaired) electrons. The molecule has 0 saturated carbocycles. The number of unbranched alkanes of at least 4 members (excludes halogenated alkanes) is 11. The van der Waals surface area contributed by atoms with Gasteiger partial charge in [-0.3, -0.25) is 0 Å². The van der Waals surface area contributed by atoms with Crippen LogP contribution >= 0.6 is 19.6 Å². The van der Waals surface area contributed by atoms with E-state index in [0.29, 0.717) is 0 Å². The van der Waals surface area contributed by atoms with Gasteiger partial charge in [0, 0.05) is 26.1 Å². The summed E-state index contributed by atoms with van der Waals surface area (Å²) in [6.07, 6.45) is 17.3. The van der Waals surface area contributed by atoms with Crippen molar-refractivity contribution in [2.24, 2.45) is 0 Å². The van der Waals surface area contributed by atoms with Gasteiger partial charge in [0.2, 0.25) is 0 Å². The molecule has 0 rings (SSSR count). The van der Waals surface area contributed by atoms with E-state index >= 15 is 0 Å². The Morgan fingerprint density at radius 2 is 1.23 bits per heavy atom. The van der Waals surface area contributed by atoms with Crippen molar-refractivity contribution >= 4 is 19.6 Å². The summed E-state index contributed by atoms with van der Waals surface area (Å²) >= 11 is 1.89. The minimum absolute atomic E-state index is 0.00561. The van der Waals surface area contributed by atoms with Crippen molar-refractivity contribution in [2.75, 3.05) is 38.4 Å². The van der Waals surface area contributed by atoms with Crippen LogP contribution in [0.3, 0.4) is 0 Å². The highest BCUT2D eigenvalue weighted by molar-refractivity contribution is 7.99. The first kappa shape index (κ1) is 32.5. The van der Waals surface area contributed by atoms with E-state index in [-0.39, 0.29) is 12.7 Å². The number of methoxy groups -OCH3 is 1. The summed E-state index contributed by atoms with van der Waals surface area (Å²) in [5, 5.41) is 9.02. The zero-order valence-corrected chi connectivity index (χ0v) is 20.9. The molecule has 0 aliphatic carbocycles. The van der Waals surface area contributed by atoms with Crippen molar-refractivity contribution in [3.05, 3.63) is 0 Å². The second-order valence-corrected chi connectivity index (χ2v) is 9.66. The van der Waals surface area contributed by atoms with Gasteiger partial charge in [-0.25, -0.2) is 4.57 Å². The number of aliphatic hydroxyl groups is 1. The SMILES string of the molecule is CCCCCCCCCOCCCCCCCCSCC(CO)OC.O=P(O)(O)O. The molecule has 0 aromatic carbocycles. The highest BCUT2D eigenvalue weighted by Gasteiger charge is 2.04. The van der Waals surface area contributed by atoms with Gasteiger partial charge < -0.3 is 29.3 Å². The fourth-order valence-electron chi connectivity index (χ4n) is 2.79. The van der Waals surface area contributed by atoms with Gasteiger partial charge in [0.15, 0.2) is 0 Å². The third-order valence-electron chi connectivity index (χ3n) is 4.56. The van der Waals surface area contributed by atoms with Gasteiger partial charge in [0.05, 0.1) is 12.7 Å². The molecule has 0 heterocycles. The molecule has 0 aromatic heterocycles. The van der Waals surface area contributed by atoms with E-state index in [1.54, 1.807) is 7.11 Å². The molecule has 0 fully saturated rings. The second kappa shape index (κ2) is 25.6. The minimum atomic E-state index is -4.64. The summed E-state index contributed by atoms with van der Waals surface area (Å²) in [7, 11) is -2.97. The molecule has 0 spiro atoms. The molecule has 1 unspecified atom stereocenters. The van der Waals surface area contributed by atoms with Crippen LogP contribution in [0, 0.1) is 0 Å². The zero-order chi connectivity index (χ0) is 22.9. The number of hydrogen-bond donors (Lipinski definition) is 4. The van der Waals surface area contributed by atoms with Gasteiger partial charge in [-0.2, -0.15) is 11.8 Å². The number of phosphoric acid groups is 1. The summed E-state index contributed by atoms with van der Waals surface area (Å²) in [4.78, 5) is 21.6. The Labute approximate surface area is 188 Å². The Bertz CT molecular complexity index is 357. The Morgan fingerprint density at radius 1 is 0.800 bits per heavy atom. The maximum Gasteiger partial charge on any atom is 0.466 e. The second-order valence-electron chi connectivity index (χ2n) is 7.48. The Balaban J connectivity index is 0. The fraction of sp³-hybridized carbons (Fsp3) is 1.00. The number of thioether (sulfide) groups is 1. The summed E-state index contributed by atoms with van der Waals surface area (Å²) in [6, 6.07) is 0. The summed E-state index contributed by atoms with van der Waals surface area (Å²) < 4.78 is 19.8. The summed E-state index contributed by atoms with van der Waals surface area (Å²) in [5.74, 6) is 2.09. The Morgan fingerprint density at radius 3 is 1.67 bits per heavy atom. The molecular weight excluding hydrogens is 427 g/mol. The zero-order valence-electron chi connectivity index (χ0n) is 19.2. The minimum Gasteiger partial charge on any atom is -0.394 e. The van der Waals surface area contributed by atoms with Crippen molar-refractivity contribution < 1.29 is 33.8 Å². The van der Waals surface area contributed by atoms with Gasteiger partial charge in [-0.1, -0.05) is 71.1 Å². The van der Waals surface area contributed by atoms with Gasteiger partial charge in [-0.15, -0.1) is 0 Å². The van der Waals surface area contributed by atoms with Crippen LogP contribution in [0.25, 0.3) is 0 Å². The molecule has 0 saturated heterocycles. The maximum atomic E-state index is 9.02. The van der Waals surface area contributed by atoms with Crippen LogP contribution in [0.4, 0.5) is 0 Å². The predicted octanol–water partition coefficient (Wildman–Crippen LogP) is 4.91. The summed E-state index contributed by atoms with van der Waals surface area (Å²) in [6.45, 7) is 4.31. The highest BCUT2D eigenvalue weighted by Crippen LogP contribution is 2.25. The smallest absolute Gasteiger partial charge is 0.394 e. The van der Waals surface area contributed by atoms with Crippen LogP contribution in [0.2, 0.25) is 0 Å². The van der Waals surface area contributed by atoms with Gasteiger partial charge in [-0.05, 0) is 25.0 Å². The quantitative estimate of drug-likeness (QED) is 0.137. The molecule has 0 amide bonds. The molecule has 9 heteroatoms. The first-order chi connectivity index (χ1) is 14.3. The van der Waals surface area contributed by atoms with Crippen molar-refractivity contribution in [3.8, 4) is 0 Å². The number of ether oxygens (including phenoxy) is 2. The van der Waals surface area contributed by atoms with Gasteiger partial charge in [0.25, 0.3) is 0 Å². The predicted molar refractivity (Wildman–Crippen MR) is 126 cm³/mol. The number of aliphatic hydroxyl groups excluding tert-OH is 1. The van der Waals surface area contributed by atoms with Gasteiger partial charge in [0.1, 0.15) is 0 Å². The van der Waals surface area contributed by atoms with Crippen LogP contribution in [0.1, 0.15) is 90.4 Å². The van der Waals surface area contributed by atoms with Crippen LogP contribution in [-0.2, 0) is 14.0 Å².